The fourth-order valence-corrected chi connectivity index (χ4v) is 2.97. The first-order valence-electron chi connectivity index (χ1n) is 4.56. The molecule has 0 aliphatic carbocycles. The molecule has 1 nitrogen and oxygen atoms in total. The highest BCUT2D eigenvalue weighted by Crippen LogP contribution is 2.38. The Morgan fingerprint density at radius 3 is 2.36 bits per heavy atom. The maximum absolute atomic E-state index is 10.0. The third-order valence-electron chi connectivity index (χ3n) is 2.51. The Morgan fingerprint density at radius 1 is 1.43 bits per heavy atom. The van der Waals surface area contributed by atoms with Gasteiger partial charge in [0, 0.05) is 9.35 Å². The average molecular weight is 298 g/mol. The quantitative estimate of drug-likeness (QED) is 0.871. The smallest absolute Gasteiger partial charge is 0.107 e. The van der Waals surface area contributed by atoms with E-state index in [4.69, 9.17) is 11.6 Å². The SMILES string of the molecule is CC(C)C(C)C(O)c1cc(Br)c(Cl)s1. The van der Waals surface area contributed by atoms with Crippen molar-refractivity contribution in [1.29, 1.82) is 0 Å². The fourth-order valence-electron chi connectivity index (χ4n) is 1.13. The van der Waals surface area contributed by atoms with Crippen molar-refractivity contribution in [3.8, 4) is 0 Å². The van der Waals surface area contributed by atoms with Crippen LogP contribution < -0.4 is 0 Å². The standard InChI is InChI=1S/C10H14BrClOS/c1-5(2)6(3)9(13)8-4-7(11)10(12)14-8/h4-6,9,13H,1-3H3. The van der Waals surface area contributed by atoms with Gasteiger partial charge in [-0.3, -0.25) is 0 Å². The number of rotatable bonds is 3. The number of hydrogen-bond donors (Lipinski definition) is 1. The molecule has 0 amide bonds. The molecule has 0 spiro atoms. The van der Waals surface area contributed by atoms with Crippen LogP contribution in [0.5, 0.6) is 0 Å². The lowest BCUT2D eigenvalue weighted by atomic mass is 9.91. The molecule has 0 saturated carbocycles. The minimum absolute atomic E-state index is 0.247. The summed E-state index contributed by atoms with van der Waals surface area (Å²) < 4.78 is 1.57. The summed E-state index contributed by atoms with van der Waals surface area (Å²) in [6.45, 7) is 6.27. The van der Waals surface area contributed by atoms with Crippen LogP contribution in [-0.2, 0) is 0 Å². The zero-order chi connectivity index (χ0) is 10.9. The van der Waals surface area contributed by atoms with Crippen LogP contribution in [0.1, 0.15) is 31.8 Å². The number of thiophene rings is 1. The monoisotopic (exact) mass is 296 g/mol. The van der Waals surface area contributed by atoms with Crippen molar-refractivity contribution in [2.75, 3.05) is 0 Å². The Labute approximate surface area is 102 Å². The molecule has 1 rings (SSSR count). The molecule has 0 fully saturated rings. The molecule has 1 aromatic heterocycles. The highest BCUT2D eigenvalue weighted by Gasteiger charge is 2.21. The van der Waals surface area contributed by atoms with Crippen molar-refractivity contribution in [3.63, 3.8) is 0 Å². The molecule has 14 heavy (non-hydrogen) atoms. The molecular formula is C10H14BrClOS. The molecule has 2 atom stereocenters. The normalized spacial score (nSPS) is 15.9. The van der Waals surface area contributed by atoms with E-state index >= 15 is 0 Å². The molecule has 4 heteroatoms. The van der Waals surface area contributed by atoms with Crippen LogP contribution in [-0.4, -0.2) is 5.11 Å². The van der Waals surface area contributed by atoms with Crippen LogP contribution in [0.4, 0.5) is 0 Å². The summed E-state index contributed by atoms with van der Waals surface area (Å²) in [5.41, 5.74) is 0. The Morgan fingerprint density at radius 2 is 2.00 bits per heavy atom. The van der Waals surface area contributed by atoms with Crippen molar-refractivity contribution < 1.29 is 5.11 Å². The van der Waals surface area contributed by atoms with Gasteiger partial charge in [0.05, 0.1) is 6.10 Å². The predicted octanol–water partition coefficient (Wildman–Crippen LogP) is 4.49. The van der Waals surface area contributed by atoms with E-state index in [0.717, 1.165) is 9.35 Å². The number of halogens is 2. The van der Waals surface area contributed by atoms with Crippen molar-refractivity contribution in [2.24, 2.45) is 11.8 Å². The summed E-state index contributed by atoms with van der Waals surface area (Å²) in [4.78, 5) is 0.933. The fraction of sp³-hybridized carbons (Fsp3) is 0.600. The third kappa shape index (κ3) is 2.72. The lowest BCUT2D eigenvalue weighted by molar-refractivity contribution is 0.0953. The molecule has 80 valence electrons. The third-order valence-corrected chi connectivity index (χ3v) is 5.05. The van der Waals surface area contributed by atoms with E-state index in [1.54, 1.807) is 0 Å². The van der Waals surface area contributed by atoms with E-state index in [1.807, 2.05) is 6.07 Å². The summed E-state index contributed by atoms with van der Waals surface area (Å²) in [5.74, 6) is 0.710. The van der Waals surface area contributed by atoms with Crippen LogP contribution >= 0.6 is 38.9 Å². The van der Waals surface area contributed by atoms with Crippen LogP contribution in [0, 0.1) is 11.8 Å². The summed E-state index contributed by atoms with van der Waals surface area (Å²) >= 11 is 10.7. The van der Waals surface area contributed by atoms with E-state index in [2.05, 4.69) is 36.7 Å². The number of aliphatic hydroxyl groups excluding tert-OH is 1. The second-order valence-electron chi connectivity index (χ2n) is 3.82. The second kappa shape index (κ2) is 4.97. The van der Waals surface area contributed by atoms with Gasteiger partial charge in [0.25, 0.3) is 0 Å². The molecule has 0 radical (unpaired) electrons. The minimum Gasteiger partial charge on any atom is -0.387 e. The highest BCUT2D eigenvalue weighted by atomic mass is 79.9. The Hall–Kier alpha value is 0.430. The van der Waals surface area contributed by atoms with Crippen LogP contribution in [0.3, 0.4) is 0 Å². The summed E-state index contributed by atoms with van der Waals surface area (Å²) in [6, 6.07) is 1.90. The molecule has 1 heterocycles. The van der Waals surface area contributed by atoms with E-state index in [9.17, 15) is 5.11 Å². The Bertz CT molecular complexity index is 292. The van der Waals surface area contributed by atoms with Gasteiger partial charge in [-0.05, 0) is 33.8 Å². The van der Waals surface area contributed by atoms with Crippen molar-refractivity contribution in [1.82, 2.24) is 0 Å². The molecule has 0 aromatic carbocycles. The molecule has 1 N–H and O–H groups in total. The van der Waals surface area contributed by atoms with Gasteiger partial charge in [0.1, 0.15) is 4.34 Å². The second-order valence-corrected chi connectivity index (χ2v) is 6.36. The van der Waals surface area contributed by atoms with E-state index in [1.165, 1.54) is 11.3 Å². The first-order chi connectivity index (χ1) is 6.43. The molecule has 0 aliphatic heterocycles. The largest absolute Gasteiger partial charge is 0.387 e. The lowest BCUT2D eigenvalue weighted by Gasteiger charge is -2.20. The molecule has 0 aliphatic rings. The topological polar surface area (TPSA) is 20.2 Å². The van der Waals surface area contributed by atoms with E-state index < -0.39 is 6.10 Å². The minimum atomic E-state index is -0.413. The van der Waals surface area contributed by atoms with Crippen LogP contribution in [0.2, 0.25) is 4.34 Å². The molecule has 0 bridgehead atoms. The maximum Gasteiger partial charge on any atom is 0.107 e. The first kappa shape index (κ1) is 12.5. The van der Waals surface area contributed by atoms with Crippen molar-refractivity contribution in [3.05, 3.63) is 19.8 Å². The van der Waals surface area contributed by atoms with E-state index in [-0.39, 0.29) is 5.92 Å². The zero-order valence-electron chi connectivity index (χ0n) is 8.42. The Kier molecular flexibility index (Phi) is 4.44. The van der Waals surface area contributed by atoms with Gasteiger partial charge in [0.15, 0.2) is 0 Å². The summed E-state index contributed by atoms with van der Waals surface area (Å²) in [7, 11) is 0. The first-order valence-corrected chi connectivity index (χ1v) is 6.55. The van der Waals surface area contributed by atoms with Gasteiger partial charge in [-0.1, -0.05) is 32.4 Å². The lowest BCUT2D eigenvalue weighted by Crippen LogP contribution is -2.13. The van der Waals surface area contributed by atoms with Gasteiger partial charge in [0.2, 0.25) is 0 Å². The molecule has 1 aromatic rings. The number of aliphatic hydroxyl groups is 1. The predicted molar refractivity (Wildman–Crippen MR) is 66.0 cm³/mol. The van der Waals surface area contributed by atoms with Gasteiger partial charge >= 0.3 is 0 Å². The Balaban J connectivity index is 2.83. The summed E-state index contributed by atoms with van der Waals surface area (Å²) in [6.07, 6.45) is -0.413. The zero-order valence-corrected chi connectivity index (χ0v) is 11.6. The van der Waals surface area contributed by atoms with Gasteiger partial charge < -0.3 is 5.11 Å². The summed E-state index contributed by atoms with van der Waals surface area (Å²) in [5, 5.41) is 10.0. The average Bonchev–Trinajstić information content (AvgIpc) is 2.44. The van der Waals surface area contributed by atoms with Gasteiger partial charge in [-0.2, -0.15) is 0 Å². The van der Waals surface area contributed by atoms with Crippen molar-refractivity contribution in [2.45, 2.75) is 26.9 Å². The molecule has 2 unspecified atom stereocenters. The van der Waals surface area contributed by atoms with E-state index in [0.29, 0.717) is 10.3 Å². The van der Waals surface area contributed by atoms with Gasteiger partial charge in [-0.15, -0.1) is 11.3 Å². The number of hydrogen-bond acceptors (Lipinski definition) is 2. The molecule has 0 saturated heterocycles. The highest BCUT2D eigenvalue weighted by molar-refractivity contribution is 9.10. The van der Waals surface area contributed by atoms with Gasteiger partial charge in [-0.25, -0.2) is 0 Å². The molecular weight excluding hydrogens is 284 g/mol. The van der Waals surface area contributed by atoms with Crippen LogP contribution in [0.15, 0.2) is 10.5 Å². The van der Waals surface area contributed by atoms with Crippen molar-refractivity contribution >= 4 is 38.9 Å². The maximum atomic E-state index is 10.0. The van der Waals surface area contributed by atoms with Crippen LogP contribution in [0.25, 0.3) is 0 Å².